The number of amides is 1. The average Bonchev–Trinajstić information content (AvgIpc) is 2.73. The number of carbonyl (C=O) groups excluding carboxylic acids is 1. The summed E-state index contributed by atoms with van der Waals surface area (Å²) in [4.78, 5) is 13.6. The summed E-state index contributed by atoms with van der Waals surface area (Å²) in [6.45, 7) is 0.669. The van der Waals surface area contributed by atoms with Gasteiger partial charge < -0.3 is 10.1 Å². The van der Waals surface area contributed by atoms with Gasteiger partial charge in [-0.2, -0.15) is 4.31 Å². The van der Waals surface area contributed by atoms with Crippen LogP contribution < -0.4 is 10.1 Å². The number of methoxy groups -OCH3 is 1. The van der Waals surface area contributed by atoms with E-state index in [1.165, 1.54) is 16.1 Å². The van der Waals surface area contributed by atoms with Crippen LogP contribution in [0.2, 0.25) is 0 Å². The first kappa shape index (κ1) is 20.7. The van der Waals surface area contributed by atoms with E-state index in [-0.39, 0.29) is 11.8 Å². The summed E-state index contributed by atoms with van der Waals surface area (Å²) in [5, 5.41) is 2.90. The minimum absolute atomic E-state index is 0.0881. The second-order valence-electron chi connectivity index (χ2n) is 6.55. The van der Waals surface area contributed by atoms with E-state index in [0.717, 1.165) is 4.90 Å². The molecule has 2 aromatic rings. The summed E-state index contributed by atoms with van der Waals surface area (Å²) in [6, 6.07) is 14.2. The maximum Gasteiger partial charge on any atom is 0.244 e. The predicted molar refractivity (Wildman–Crippen MR) is 111 cm³/mol. The number of sulfonamides is 1. The van der Waals surface area contributed by atoms with E-state index < -0.39 is 10.0 Å². The summed E-state index contributed by atoms with van der Waals surface area (Å²) in [5.41, 5.74) is 0.674. The van der Waals surface area contributed by atoms with Gasteiger partial charge in [-0.25, -0.2) is 8.42 Å². The number of nitrogens with one attached hydrogen (secondary N) is 1. The number of anilines is 1. The van der Waals surface area contributed by atoms with Crippen LogP contribution in [0.1, 0.15) is 12.8 Å². The van der Waals surface area contributed by atoms with E-state index in [2.05, 4.69) is 5.32 Å². The van der Waals surface area contributed by atoms with Gasteiger partial charge in [-0.3, -0.25) is 4.79 Å². The van der Waals surface area contributed by atoms with Crippen LogP contribution in [0.15, 0.2) is 58.3 Å². The fourth-order valence-corrected chi connectivity index (χ4v) is 5.87. The zero-order valence-electron chi connectivity index (χ0n) is 15.9. The Morgan fingerprint density at radius 3 is 2.54 bits per heavy atom. The Kier molecular flexibility index (Phi) is 6.64. The fourth-order valence-electron chi connectivity index (χ4n) is 3.27. The van der Waals surface area contributed by atoms with E-state index in [0.29, 0.717) is 42.3 Å². The van der Waals surface area contributed by atoms with Gasteiger partial charge in [-0.1, -0.05) is 18.2 Å². The van der Waals surface area contributed by atoms with E-state index in [4.69, 9.17) is 4.74 Å². The van der Waals surface area contributed by atoms with Gasteiger partial charge in [0, 0.05) is 35.7 Å². The predicted octanol–water partition coefficient (Wildman–Crippen LogP) is 3.46. The lowest BCUT2D eigenvalue weighted by atomic mass is 9.97. The highest BCUT2D eigenvalue weighted by Crippen LogP contribution is 2.30. The summed E-state index contributed by atoms with van der Waals surface area (Å²) >= 11 is 1.42. The number of ether oxygens (including phenoxy) is 1. The number of piperidine rings is 1. The number of hydrogen-bond donors (Lipinski definition) is 1. The van der Waals surface area contributed by atoms with Crippen molar-refractivity contribution in [2.75, 3.05) is 31.8 Å². The largest absolute Gasteiger partial charge is 0.497 e. The third-order valence-corrected chi connectivity index (χ3v) is 7.73. The van der Waals surface area contributed by atoms with Crippen LogP contribution in [-0.2, 0) is 14.8 Å². The first-order valence-corrected chi connectivity index (χ1v) is 11.7. The lowest BCUT2D eigenvalue weighted by Gasteiger charge is -2.31. The van der Waals surface area contributed by atoms with Crippen LogP contribution in [0, 0.1) is 5.92 Å². The Morgan fingerprint density at radius 2 is 1.86 bits per heavy atom. The molecule has 28 heavy (non-hydrogen) atoms. The smallest absolute Gasteiger partial charge is 0.244 e. The molecule has 1 fully saturated rings. The normalized spacial score (nSPS) is 15.9. The Morgan fingerprint density at radius 1 is 1.14 bits per heavy atom. The number of thioether (sulfide) groups is 1. The number of benzene rings is 2. The van der Waals surface area contributed by atoms with Crippen LogP contribution in [0.5, 0.6) is 5.75 Å². The average molecular weight is 421 g/mol. The van der Waals surface area contributed by atoms with Crippen molar-refractivity contribution in [2.24, 2.45) is 5.92 Å². The standard InChI is InChI=1S/C20H24N2O4S2/c1-26-17-7-5-6-16(14-17)21-20(23)15-10-12-22(13-11-15)28(24,25)19-9-4-3-8-18(19)27-2/h3-9,14-15H,10-13H2,1-2H3,(H,21,23). The molecule has 1 amide bonds. The molecule has 1 N–H and O–H groups in total. The van der Waals surface area contributed by atoms with Crippen LogP contribution in [0.25, 0.3) is 0 Å². The number of rotatable bonds is 6. The highest BCUT2D eigenvalue weighted by atomic mass is 32.2. The van der Waals surface area contributed by atoms with E-state index in [1.54, 1.807) is 31.4 Å². The van der Waals surface area contributed by atoms with Gasteiger partial charge in [0.25, 0.3) is 0 Å². The summed E-state index contributed by atoms with van der Waals surface area (Å²) < 4.78 is 32.7. The van der Waals surface area contributed by atoms with E-state index in [1.807, 2.05) is 30.5 Å². The molecule has 0 aromatic heterocycles. The molecule has 1 heterocycles. The highest BCUT2D eigenvalue weighted by Gasteiger charge is 2.33. The first-order valence-electron chi connectivity index (χ1n) is 9.04. The maximum absolute atomic E-state index is 13.0. The Balaban J connectivity index is 1.64. The van der Waals surface area contributed by atoms with Crippen LogP contribution in [0.4, 0.5) is 5.69 Å². The monoisotopic (exact) mass is 420 g/mol. The van der Waals surface area contributed by atoms with Crippen molar-refractivity contribution in [1.82, 2.24) is 4.31 Å². The molecular weight excluding hydrogens is 396 g/mol. The van der Waals surface area contributed by atoms with Gasteiger partial charge in [0.15, 0.2) is 0 Å². The third-order valence-electron chi connectivity index (χ3n) is 4.85. The summed E-state index contributed by atoms with van der Waals surface area (Å²) in [5.74, 6) is 0.370. The molecule has 1 aliphatic heterocycles. The zero-order valence-corrected chi connectivity index (χ0v) is 17.6. The Bertz CT molecular complexity index is 939. The van der Waals surface area contributed by atoms with Crippen molar-refractivity contribution in [3.05, 3.63) is 48.5 Å². The number of nitrogens with zero attached hydrogens (tertiary/aromatic N) is 1. The van der Waals surface area contributed by atoms with Crippen molar-refractivity contribution in [3.63, 3.8) is 0 Å². The minimum Gasteiger partial charge on any atom is -0.497 e. The third kappa shape index (κ3) is 4.51. The lowest BCUT2D eigenvalue weighted by Crippen LogP contribution is -2.41. The zero-order chi connectivity index (χ0) is 20.1. The molecule has 0 unspecified atom stereocenters. The molecule has 0 aliphatic carbocycles. The molecule has 1 saturated heterocycles. The molecule has 0 spiro atoms. The minimum atomic E-state index is -3.56. The summed E-state index contributed by atoms with van der Waals surface area (Å²) in [6.07, 6.45) is 2.86. The highest BCUT2D eigenvalue weighted by molar-refractivity contribution is 7.99. The second kappa shape index (κ2) is 8.98. The van der Waals surface area contributed by atoms with E-state index >= 15 is 0 Å². The van der Waals surface area contributed by atoms with Crippen LogP contribution in [-0.4, -0.2) is 45.1 Å². The topological polar surface area (TPSA) is 75.7 Å². The molecule has 8 heteroatoms. The van der Waals surface area contributed by atoms with Crippen LogP contribution in [0.3, 0.4) is 0 Å². The molecule has 3 rings (SSSR count). The molecule has 1 aliphatic rings. The SMILES string of the molecule is COc1cccc(NC(=O)C2CCN(S(=O)(=O)c3ccccc3SC)CC2)c1. The lowest BCUT2D eigenvalue weighted by molar-refractivity contribution is -0.120. The summed E-state index contributed by atoms with van der Waals surface area (Å²) in [7, 11) is -1.98. The molecular formula is C20H24N2O4S2. The van der Waals surface area contributed by atoms with Gasteiger partial charge in [0.2, 0.25) is 15.9 Å². The Hall–Kier alpha value is -2.03. The van der Waals surface area contributed by atoms with Crippen molar-refractivity contribution >= 4 is 33.4 Å². The van der Waals surface area contributed by atoms with Crippen LogP contribution >= 0.6 is 11.8 Å². The molecule has 150 valence electrons. The number of hydrogen-bond acceptors (Lipinski definition) is 5. The van der Waals surface area contributed by atoms with Gasteiger partial charge >= 0.3 is 0 Å². The fraction of sp³-hybridized carbons (Fsp3) is 0.350. The van der Waals surface area contributed by atoms with Crippen molar-refractivity contribution in [3.8, 4) is 5.75 Å². The maximum atomic E-state index is 13.0. The van der Waals surface area contributed by atoms with Gasteiger partial charge in [0.05, 0.1) is 12.0 Å². The molecule has 0 saturated carbocycles. The van der Waals surface area contributed by atoms with Crippen molar-refractivity contribution in [1.29, 1.82) is 0 Å². The van der Waals surface area contributed by atoms with Gasteiger partial charge in [-0.05, 0) is 43.4 Å². The molecule has 0 atom stereocenters. The molecule has 0 bridgehead atoms. The van der Waals surface area contributed by atoms with Gasteiger partial charge in [-0.15, -0.1) is 11.8 Å². The second-order valence-corrected chi connectivity index (χ2v) is 9.30. The first-order chi connectivity index (χ1) is 13.5. The van der Waals surface area contributed by atoms with Crippen molar-refractivity contribution in [2.45, 2.75) is 22.6 Å². The molecule has 6 nitrogen and oxygen atoms in total. The quantitative estimate of drug-likeness (QED) is 0.725. The van der Waals surface area contributed by atoms with E-state index in [9.17, 15) is 13.2 Å². The molecule has 2 aromatic carbocycles. The van der Waals surface area contributed by atoms with Gasteiger partial charge in [0.1, 0.15) is 5.75 Å². The number of carbonyl (C=O) groups is 1. The van der Waals surface area contributed by atoms with Crippen molar-refractivity contribution < 1.29 is 17.9 Å². The molecule has 0 radical (unpaired) electrons. The Labute approximate surface area is 170 Å².